The molecule has 0 aliphatic rings. The number of carbonyl (C=O) groups is 2. The van der Waals surface area contributed by atoms with Crippen LogP contribution < -0.4 is 5.32 Å². The lowest BCUT2D eigenvalue weighted by Crippen LogP contribution is -2.47. The topological polar surface area (TPSA) is 86.6 Å². The van der Waals surface area contributed by atoms with Crippen LogP contribution in [0.2, 0.25) is 0 Å². The smallest absolute Gasteiger partial charge is 0.328 e. The van der Waals surface area contributed by atoms with Crippen LogP contribution in [0.15, 0.2) is 24.3 Å². The number of carboxylic acids is 1. The van der Waals surface area contributed by atoms with E-state index in [1.54, 1.807) is 12.2 Å². The van der Waals surface area contributed by atoms with Gasteiger partial charge in [0, 0.05) is 6.08 Å². The van der Waals surface area contributed by atoms with E-state index in [1.165, 1.54) is 32.3 Å². The molecule has 0 radical (unpaired) electrons. The van der Waals surface area contributed by atoms with Crippen molar-refractivity contribution in [1.82, 2.24) is 5.32 Å². The zero-order valence-electron chi connectivity index (χ0n) is 14.7. The molecule has 0 saturated carbocycles. The molecule has 0 heterocycles. The Morgan fingerprint density at radius 1 is 1.13 bits per heavy atom. The Kier molecular flexibility index (Phi) is 10.2. The molecule has 0 aliphatic carbocycles. The number of amides is 1. The van der Waals surface area contributed by atoms with E-state index in [0.29, 0.717) is 5.41 Å². The maximum atomic E-state index is 11.5. The number of rotatable bonds is 10. The predicted molar refractivity (Wildman–Crippen MR) is 92.1 cm³/mol. The Morgan fingerprint density at radius 2 is 1.78 bits per heavy atom. The number of nitrogens with one attached hydrogen (secondary N) is 1. The second kappa shape index (κ2) is 11.0. The molecule has 0 aromatic carbocycles. The molecule has 3 N–H and O–H groups in total. The van der Waals surface area contributed by atoms with Gasteiger partial charge in [0.1, 0.15) is 0 Å². The number of hydrogen-bond acceptors (Lipinski definition) is 3. The summed E-state index contributed by atoms with van der Waals surface area (Å²) in [6.45, 7) is 8.06. The van der Waals surface area contributed by atoms with Crippen molar-refractivity contribution < 1.29 is 19.8 Å². The van der Waals surface area contributed by atoms with E-state index in [9.17, 15) is 14.7 Å². The van der Waals surface area contributed by atoms with Crippen molar-refractivity contribution in [3.63, 3.8) is 0 Å². The zero-order valence-corrected chi connectivity index (χ0v) is 14.7. The minimum absolute atomic E-state index is 0.395. The van der Waals surface area contributed by atoms with Crippen LogP contribution in [0, 0.1) is 5.41 Å². The van der Waals surface area contributed by atoms with Crippen molar-refractivity contribution in [3.05, 3.63) is 24.3 Å². The summed E-state index contributed by atoms with van der Waals surface area (Å²) < 4.78 is 0. The third kappa shape index (κ3) is 12.6. The highest BCUT2D eigenvalue weighted by Crippen LogP contribution is 2.22. The molecule has 0 unspecified atom stereocenters. The molecule has 23 heavy (non-hydrogen) atoms. The average Bonchev–Trinajstić information content (AvgIpc) is 2.41. The van der Waals surface area contributed by atoms with E-state index >= 15 is 0 Å². The first kappa shape index (κ1) is 21.4. The van der Waals surface area contributed by atoms with E-state index in [2.05, 4.69) is 26.1 Å². The molecule has 0 spiro atoms. The van der Waals surface area contributed by atoms with E-state index in [-0.39, 0.29) is 0 Å². The Hall–Kier alpha value is -1.62. The fourth-order valence-electron chi connectivity index (χ4n) is 2.00. The average molecular weight is 325 g/mol. The molecule has 0 rings (SSSR count). The zero-order chi connectivity index (χ0) is 17.9. The van der Waals surface area contributed by atoms with Gasteiger partial charge in [-0.05, 0) is 31.6 Å². The molecule has 0 aromatic heterocycles. The van der Waals surface area contributed by atoms with Gasteiger partial charge in [0.05, 0.1) is 6.10 Å². The first-order valence-corrected chi connectivity index (χ1v) is 8.18. The van der Waals surface area contributed by atoms with Gasteiger partial charge < -0.3 is 15.5 Å². The molecule has 0 aliphatic heterocycles. The van der Waals surface area contributed by atoms with Crippen molar-refractivity contribution in [3.8, 4) is 0 Å². The molecule has 0 saturated heterocycles. The van der Waals surface area contributed by atoms with Crippen LogP contribution in [-0.4, -0.2) is 34.2 Å². The van der Waals surface area contributed by atoms with Crippen LogP contribution in [0.25, 0.3) is 0 Å². The lowest BCUT2D eigenvalue weighted by molar-refractivity contribution is -0.144. The van der Waals surface area contributed by atoms with Gasteiger partial charge in [-0.25, -0.2) is 4.79 Å². The van der Waals surface area contributed by atoms with Gasteiger partial charge in [0.2, 0.25) is 5.91 Å². The maximum Gasteiger partial charge on any atom is 0.328 e. The Bertz CT molecular complexity index is 419. The lowest BCUT2D eigenvalue weighted by atomic mass is 9.89. The van der Waals surface area contributed by atoms with Crippen molar-refractivity contribution in [2.75, 3.05) is 0 Å². The van der Waals surface area contributed by atoms with Gasteiger partial charge in [0.25, 0.3) is 0 Å². The Morgan fingerprint density at radius 3 is 2.30 bits per heavy atom. The van der Waals surface area contributed by atoms with Gasteiger partial charge in [-0.2, -0.15) is 0 Å². The predicted octanol–water partition coefficient (Wildman–Crippen LogP) is 3.05. The highest BCUT2D eigenvalue weighted by atomic mass is 16.4. The SMILES string of the molecule is C[C@@H](O)[C@H](NC(=O)/C=C/C=C/CCCCCC(C)(C)C)C(=O)O. The second-order valence-electron chi connectivity index (χ2n) is 7.01. The largest absolute Gasteiger partial charge is 0.480 e. The van der Waals surface area contributed by atoms with E-state index in [1.807, 2.05) is 6.08 Å². The van der Waals surface area contributed by atoms with E-state index in [0.717, 1.165) is 12.8 Å². The molecule has 2 atom stereocenters. The summed E-state index contributed by atoms with van der Waals surface area (Å²) in [6.07, 6.45) is 11.2. The second-order valence-corrected chi connectivity index (χ2v) is 7.01. The maximum absolute atomic E-state index is 11.5. The van der Waals surface area contributed by atoms with E-state index in [4.69, 9.17) is 5.11 Å². The van der Waals surface area contributed by atoms with Crippen LogP contribution in [0.5, 0.6) is 0 Å². The van der Waals surface area contributed by atoms with Crippen LogP contribution in [0.4, 0.5) is 0 Å². The number of unbranched alkanes of at least 4 members (excludes halogenated alkanes) is 3. The summed E-state index contributed by atoms with van der Waals surface area (Å²) in [6, 6.07) is -1.29. The Balaban J connectivity index is 3.91. The van der Waals surface area contributed by atoms with Crippen LogP contribution >= 0.6 is 0 Å². The Labute approximate surface area is 139 Å². The molecular weight excluding hydrogens is 294 g/mol. The fraction of sp³-hybridized carbons (Fsp3) is 0.667. The van der Waals surface area contributed by atoms with Crippen molar-refractivity contribution in [2.45, 2.75) is 71.9 Å². The van der Waals surface area contributed by atoms with Crippen molar-refractivity contribution >= 4 is 11.9 Å². The number of carboxylic acid groups (broad SMARTS) is 1. The molecule has 5 nitrogen and oxygen atoms in total. The van der Waals surface area contributed by atoms with Gasteiger partial charge in [0.15, 0.2) is 6.04 Å². The van der Waals surface area contributed by atoms with Crippen molar-refractivity contribution in [1.29, 1.82) is 0 Å². The molecular formula is C18H31NO4. The number of allylic oxidation sites excluding steroid dienone is 3. The van der Waals surface area contributed by atoms with Gasteiger partial charge in [-0.1, -0.05) is 51.8 Å². The monoisotopic (exact) mass is 325 g/mol. The summed E-state index contributed by atoms with van der Waals surface area (Å²) in [5.41, 5.74) is 0.395. The van der Waals surface area contributed by atoms with Gasteiger partial charge >= 0.3 is 5.97 Å². The number of carbonyl (C=O) groups excluding carboxylic acids is 1. The summed E-state index contributed by atoms with van der Waals surface area (Å²) in [5.74, 6) is -1.79. The quantitative estimate of drug-likeness (QED) is 0.327. The standard InChI is InChI=1S/C18H31NO4/c1-14(20)16(17(22)23)19-15(21)12-10-8-6-5-7-9-11-13-18(2,3)4/h6,8,10,12,14,16,20H,5,7,9,11,13H2,1-4H3,(H,19,21)(H,22,23)/b8-6+,12-10+/t14-,16+/m1/s1. The first-order valence-electron chi connectivity index (χ1n) is 8.18. The summed E-state index contributed by atoms with van der Waals surface area (Å²) in [5, 5.41) is 20.3. The van der Waals surface area contributed by atoms with Crippen LogP contribution in [0.1, 0.15) is 59.8 Å². The molecule has 5 heteroatoms. The highest BCUT2D eigenvalue weighted by molar-refractivity contribution is 5.91. The van der Waals surface area contributed by atoms with E-state index < -0.39 is 24.0 Å². The van der Waals surface area contributed by atoms with Crippen LogP contribution in [0.3, 0.4) is 0 Å². The number of hydrogen-bond donors (Lipinski definition) is 3. The number of aliphatic carboxylic acids is 1. The van der Waals surface area contributed by atoms with Crippen molar-refractivity contribution in [2.24, 2.45) is 5.41 Å². The molecule has 132 valence electrons. The summed E-state index contributed by atoms with van der Waals surface area (Å²) >= 11 is 0. The third-order valence-corrected chi connectivity index (χ3v) is 3.34. The molecule has 0 aromatic rings. The summed E-state index contributed by atoms with van der Waals surface area (Å²) in [4.78, 5) is 22.4. The molecule has 1 amide bonds. The minimum Gasteiger partial charge on any atom is -0.480 e. The molecule has 0 bridgehead atoms. The lowest BCUT2D eigenvalue weighted by Gasteiger charge is -2.17. The molecule has 0 fully saturated rings. The normalized spacial score (nSPS) is 15.0. The number of aliphatic hydroxyl groups is 1. The first-order chi connectivity index (χ1) is 10.6. The van der Waals surface area contributed by atoms with Gasteiger partial charge in [-0.3, -0.25) is 4.79 Å². The number of aliphatic hydroxyl groups excluding tert-OH is 1. The fourth-order valence-corrected chi connectivity index (χ4v) is 2.00. The summed E-state index contributed by atoms with van der Waals surface area (Å²) in [7, 11) is 0. The van der Waals surface area contributed by atoms with Gasteiger partial charge in [-0.15, -0.1) is 0 Å². The third-order valence-electron chi connectivity index (χ3n) is 3.34. The van der Waals surface area contributed by atoms with Crippen LogP contribution in [-0.2, 0) is 9.59 Å². The highest BCUT2D eigenvalue weighted by Gasteiger charge is 2.23. The minimum atomic E-state index is -1.29.